The Morgan fingerprint density at radius 2 is 1.25 bits per heavy atom. The molecule has 4 aromatic rings. The van der Waals surface area contributed by atoms with Gasteiger partial charge in [0, 0.05) is 41.0 Å². The number of amides is 8. The third-order valence-electron chi connectivity index (χ3n) is 9.74. The lowest BCUT2D eigenvalue weighted by molar-refractivity contribution is -0.150. The lowest BCUT2D eigenvalue weighted by Gasteiger charge is -2.49. The first kappa shape index (κ1) is 49.1. The number of fused-ring (bicyclic) bond motifs is 2. The molecular weight excluding hydrogens is 997 g/mol. The molecule has 4 aliphatic rings. The van der Waals surface area contributed by atoms with Crippen LogP contribution in [-0.2, 0) is 54.8 Å². The van der Waals surface area contributed by atoms with Crippen LogP contribution in [0.2, 0.25) is 0 Å². The van der Waals surface area contributed by atoms with Crippen LogP contribution in [0.25, 0.3) is 0 Å². The minimum atomic E-state index is -1.24. The van der Waals surface area contributed by atoms with Crippen molar-refractivity contribution in [2.24, 2.45) is 11.5 Å². The Balaban J connectivity index is 0.000000201. The average molecular weight is 1040 g/mol. The van der Waals surface area contributed by atoms with Gasteiger partial charge >= 0.3 is 24.0 Å². The summed E-state index contributed by atoms with van der Waals surface area (Å²) in [6, 6.07) is 0.757. The minimum absolute atomic E-state index is 0.0700. The monoisotopic (exact) mass is 1030 g/mol. The highest BCUT2D eigenvalue weighted by molar-refractivity contribution is 8.01. The molecule has 0 spiro atoms. The maximum Gasteiger partial charge on any atom is 0.352 e. The second-order valence-corrected chi connectivity index (χ2v) is 19.3. The summed E-state index contributed by atoms with van der Waals surface area (Å²) in [5, 5.41) is 64.7. The van der Waals surface area contributed by atoms with Crippen LogP contribution in [0, 0.1) is 0 Å². The zero-order valence-electron chi connectivity index (χ0n) is 34.8. The molecule has 8 amide bonds. The molecule has 2 unspecified atom stereocenters. The molecule has 8 rings (SSSR count). The summed E-state index contributed by atoms with van der Waals surface area (Å²) in [5.41, 5.74) is 11.0. The fourth-order valence-corrected chi connectivity index (χ4v) is 12.2. The molecule has 35 heteroatoms. The Kier molecular flexibility index (Phi) is 16.1. The van der Waals surface area contributed by atoms with E-state index in [1.165, 1.54) is 88.6 Å². The van der Waals surface area contributed by atoms with Crippen molar-refractivity contribution >= 4 is 106 Å². The number of carboxylic acid groups (broad SMARTS) is 2. The number of aliphatic carboxylic acids is 2. The summed E-state index contributed by atoms with van der Waals surface area (Å²) < 4.78 is 4.12. The van der Waals surface area contributed by atoms with E-state index in [0.717, 1.165) is 4.88 Å². The summed E-state index contributed by atoms with van der Waals surface area (Å²) in [5.74, 6) is -2.94. The number of hydrogen-bond acceptors (Lipinski definition) is 22. The van der Waals surface area contributed by atoms with Crippen LogP contribution in [0.1, 0.15) is 4.88 Å². The Morgan fingerprint density at radius 3 is 1.69 bits per heavy atom. The van der Waals surface area contributed by atoms with Gasteiger partial charge in [-0.3, -0.25) is 29.0 Å². The van der Waals surface area contributed by atoms with Gasteiger partial charge in [0.25, 0.3) is 11.8 Å². The maximum absolute atomic E-state index is 12.8. The van der Waals surface area contributed by atoms with Crippen LogP contribution in [-0.4, -0.2) is 187 Å². The maximum atomic E-state index is 12.8. The highest BCUT2D eigenvalue weighted by Gasteiger charge is 2.55. The zero-order valence-corrected chi connectivity index (χ0v) is 38.9. The summed E-state index contributed by atoms with van der Waals surface area (Å²) in [6.45, 7) is 0.850. The first-order valence-corrected chi connectivity index (χ1v) is 24.6. The van der Waals surface area contributed by atoms with Crippen molar-refractivity contribution in [1.29, 1.82) is 0 Å². The van der Waals surface area contributed by atoms with E-state index in [1.807, 2.05) is 17.5 Å². The number of urea groups is 2. The van der Waals surface area contributed by atoms with E-state index in [-0.39, 0.29) is 68.0 Å². The van der Waals surface area contributed by atoms with Crippen molar-refractivity contribution in [3.63, 3.8) is 0 Å². The molecule has 2 saturated heterocycles. The van der Waals surface area contributed by atoms with Crippen LogP contribution < -0.4 is 32.7 Å². The number of thioether (sulfide) groups is 4. The van der Waals surface area contributed by atoms with Crippen LogP contribution in [0.4, 0.5) is 9.59 Å². The van der Waals surface area contributed by atoms with Gasteiger partial charge in [-0.1, -0.05) is 29.6 Å². The van der Waals surface area contributed by atoms with Crippen molar-refractivity contribution in [2.75, 3.05) is 36.1 Å². The first-order valence-electron chi connectivity index (χ1n) is 19.7. The van der Waals surface area contributed by atoms with Crippen LogP contribution >= 0.6 is 58.4 Å². The van der Waals surface area contributed by atoms with E-state index in [0.29, 0.717) is 33.0 Å². The smallest absolute Gasteiger partial charge is 0.352 e. The predicted octanol–water partition coefficient (Wildman–Crippen LogP) is -3.66. The molecule has 360 valence electrons. The second kappa shape index (κ2) is 22.3. The van der Waals surface area contributed by atoms with E-state index in [2.05, 4.69) is 67.8 Å². The van der Waals surface area contributed by atoms with Crippen molar-refractivity contribution < 1.29 is 48.6 Å². The molecule has 4 aromatic heterocycles. The number of nitrogens with zero attached hydrogens (tertiary/aromatic N) is 14. The Morgan fingerprint density at radius 1 is 0.735 bits per heavy atom. The minimum Gasteiger partial charge on any atom is -0.477 e. The van der Waals surface area contributed by atoms with Gasteiger partial charge in [-0.15, -0.1) is 50.2 Å². The standard InChI is InChI=1S/C18H20N8O5S3.C15H18N12O5S2/c19-17(31)20-3-4-25-18(22-23-24-25)34-8-9-7-33-15-12(14(28)26(15)13(9)16(29)30)21-11(27)6-10-2-1-5-32-10;16-14(32)17-1-2-26-15(20-22-24-26)34-5-7-4-33-12-9(11(29)27(12)10(7)13(30)31)19-8(28)3-25-6-18-21-23-25/h1-2,5,12,15H,3-4,6-8H2,(H,21,27)(H,29,30)(H3,19,20,31);6,9,12H,1-5H2,(H,19,28)(H,30,31)(H3,16,17,32)/t12?,15-;9?,12-/m11/s1. The number of nitrogens with one attached hydrogen (secondary N) is 4. The molecule has 0 radical (unpaired) electrons. The molecule has 0 aromatic carbocycles. The molecule has 0 aliphatic carbocycles. The summed E-state index contributed by atoms with van der Waals surface area (Å²) in [4.78, 5) is 99.0. The quantitative estimate of drug-likeness (QED) is 0.0312. The lowest BCUT2D eigenvalue weighted by atomic mass is 10.0. The summed E-state index contributed by atoms with van der Waals surface area (Å²) in [6.07, 6.45) is 1.44. The van der Waals surface area contributed by atoms with E-state index >= 15 is 0 Å². The number of carboxylic acids is 2. The Hall–Kier alpha value is -6.85. The number of thiophene rings is 1. The topological polar surface area (TPSA) is 414 Å². The summed E-state index contributed by atoms with van der Waals surface area (Å²) in [7, 11) is 0. The largest absolute Gasteiger partial charge is 0.477 e. The number of carbonyl (C=O) groups excluding carboxylic acids is 6. The van der Waals surface area contributed by atoms with E-state index in [1.54, 1.807) is 0 Å². The third-order valence-corrected chi connectivity index (χ3v) is 15.4. The van der Waals surface area contributed by atoms with Crippen molar-refractivity contribution in [3.05, 3.63) is 51.3 Å². The van der Waals surface area contributed by atoms with Gasteiger partial charge < -0.3 is 42.9 Å². The van der Waals surface area contributed by atoms with Crippen molar-refractivity contribution in [3.8, 4) is 0 Å². The molecule has 68 heavy (non-hydrogen) atoms. The third kappa shape index (κ3) is 11.6. The van der Waals surface area contributed by atoms with Crippen LogP contribution in [0.5, 0.6) is 0 Å². The number of aromatic nitrogens is 12. The van der Waals surface area contributed by atoms with Crippen LogP contribution in [0.3, 0.4) is 0 Å². The Labute approximate surface area is 402 Å². The van der Waals surface area contributed by atoms with Crippen molar-refractivity contribution in [1.82, 2.24) is 91.7 Å². The van der Waals surface area contributed by atoms with Gasteiger partial charge in [-0.25, -0.2) is 33.2 Å². The number of rotatable bonds is 20. The van der Waals surface area contributed by atoms with Gasteiger partial charge in [-0.2, -0.15) is 0 Å². The average Bonchev–Trinajstić information content (AvgIpc) is 4.16. The van der Waals surface area contributed by atoms with Gasteiger partial charge in [0.1, 0.15) is 47.1 Å². The molecule has 4 atom stereocenters. The fraction of sp³-hybridized carbons (Fsp3) is 0.424. The number of nitrogens with two attached hydrogens (primary N) is 2. The van der Waals surface area contributed by atoms with Gasteiger partial charge in [0.15, 0.2) is 0 Å². The summed E-state index contributed by atoms with van der Waals surface area (Å²) >= 11 is 6.63. The van der Waals surface area contributed by atoms with Crippen LogP contribution in [0.15, 0.2) is 56.7 Å². The lowest BCUT2D eigenvalue weighted by Crippen LogP contribution is -2.70. The molecule has 0 bridgehead atoms. The number of β-lactam (4-membered cyclic amide) rings is 2. The molecular formula is C33H38N20O10S5. The van der Waals surface area contributed by atoms with Crippen molar-refractivity contribution in [2.45, 2.75) is 59.2 Å². The number of carbonyl (C=O) groups is 8. The number of hydrogen-bond donors (Lipinski definition) is 8. The molecule has 8 heterocycles. The molecule has 2 fully saturated rings. The molecule has 4 aliphatic heterocycles. The van der Waals surface area contributed by atoms with E-state index in [4.69, 9.17) is 11.5 Å². The fourth-order valence-electron chi connectivity index (χ4n) is 6.76. The van der Waals surface area contributed by atoms with E-state index < -0.39 is 64.6 Å². The highest BCUT2D eigenvalue weighted by atomic mass is 32.2. The molecule has 30 nitrogen and oxygen atoms in total. The number of tetrazole rings is 3. The van der Waals surface area contributed by atoms with Gasteiger partial charge in [-0.05, 0) is 53.9 Å². The second-order valence-electron chi connectivity index (χ2n) is 14.2. The molecule has 10 N–H and O–H groups in total. The Bertz CT molecular complexity index is 2450. The zero-order chi connectivity index (χ0) is 48.5. The molecule has 0 saturated carbocycles. The SMILES string of the molecule is NC(=O)NCCn1nnnc1SCC1=C(C(=O)O)N2C(=O)C(NC(=O)Cc3cccs3)[C@H]2SC1.NC(=O)NCCn1nnnc1SCC1=C(C(=O)O)N2C(=O)C(NC(=O)Cn3cnnn3)[C@H]2SC1. The van der Waals surface area contributed by atoms with Gasteiger partial charge in [0.2, 0.25) is 22.1 Å². The predicted molar refractivity (Wildman–Crippen MR) is 237 cm³/mol. The number of primary amides is 2. The van der Waals surface area contributed by atoms with E-state index in [9.17, 15) is 48.6 Å². The highest BCUT2D eigenvalue weighted by Crippen LogP contribution is 2.43. The van der Waals surface area contributed by atoms with Gasteiger partial charge in [0.05, 0.1) is 19.5 Å². The normalized spacial score (nSPS) is 19.4. The first-order chi connectivity index (χ1) is 32.7.